The molecule has 1 heterocycles. The highest BCUT2D eigenvalue weighted by atomic mass is 16.2. The topological polar surface area (TPSA) is 52.7 Å². The van der Waals surface area contributed by atoms with Crippen molar-refractivity contribution in [2.45, 2.75) is 44.1 Å². The number of carbonyl (C=O) groups is 2. The smallest absolute Gasteiger partial charge is 0.249 e. The van der Waals surface area contributed by atoms with Crippen LogP contribution in [0.3, 0.4) is 0 Å². The van der Waals surface area contributed by atoms with E-state index in [0.717, 1.165) is 56.3 Å². The molecule has 0 bridgehead atoms. The number of benzene rings is 1. The van der Waals surface area contributed by atoms with Crippen molar-refractivity contribution in [3.05, 3.63) is 42.0 Å². The predicted octanol–water partition coefficient (Wildman–Crippen LogP) is 3.05. The Morgan fingerprint density at radius 1 is 1.12 bits per heavy atom. The van der Waals surface area contributed by atoms with Crippen LogP contribution in [0.5, 0.6) is 0 Å². The molecule has 5 heteroatoms. The predicted molar refractivity (Wildman–Crippen MR) is 104 cm³/mol. The number of piperidine rings is 1. The van der Waals surface area contributed by atoms with Crippen molar-refractivity contribution in [3.8, 4) is 0 Å². The third-order valence-electron chi connectivity index (χ3n) is 5.32. The van der Waals surface area contributed by atoms with Gasteiger partial charge in [0, 0.05) is 31.9 Å². The van der Waals surface area contributed by atoms with Crippen molar-refractivity contribution in [3.63, 3.8) is 0 Å². The van der Waals surface area contributed by atoms with Gasteiger partial charge in [0.2, 0.25) is 11.8 Å². The molecule has 0 saturated carbocycles. The molecule has 1 unspecified atom stereocenters. The molecule has 0 spiro atoms. The van der Waals surface area contributed by atoms with Crippen LogP contribution in [0.25, 0.3) is 0 Å². The first-order valence-electron chi connectivity index (χ1n) is 9.55. The molecule has 3 rings (SSSR count). The first-order chi connectivity index (χ1) is 12.5. The molecular formula is C21H29N3O2. The van der Waals surface area contributed by atoms with Gasteiger partial charge in [-0.05, 0) is 50.7 Å². The van der Waals surface area contributed by atoms with Crippen molar-refractivity contribution in [1.29, 1.82) is 0 Å². The van der Waals surface area contributed by atoms with E-state index in [9.17, 15) is 9.59 Å². The van der Waals surface area contributed by atoms with Crippen molar-refractivity contribution >= 4 is 17.5 Å². The van der Waals surface area contributed by atoms with Gasteiger partial charge in [-0.1, -0.05) is 24.3 Å². The van der Waals surface area contributed by atoms with E-state index in [1.54, 1.807) is 19.0 Å². The maximum absolute atomic E-state index is 13.1. The second kappa shape index (κ2) is 7.94. The summed E-state index contributed by atoms with van der Waals surface area (Å²) in [6, 6.07) is 9.80. The van der Waals surface area contributed by atoms with Gasteiger partial charge < -0.3 is 15.1 Å². The molecular weight excluding hydrogens is 326 g/mol. The lowest BCUT2D eigenvalue weighted by atomic mass is 9.86. The molecule has 2 amide bonds. The average Bonchev–Trinajstić information content (AvgIpc) is 2.68. The lowest BCUT2D eigenvalue weighted by Gasteiger charge is -2.44. The van der Waals surface area contributed by atoms with Crippen molar-refractivity contribution in [2.24, 2.45) is 0 Å². The van der Waals surface area contributed by atoms with Crippen molar-refractivity contribution < 1.29 is 9.59 Å². The minimum atomic E-state index is -0.770. The number of hydrogen-bond acceptors (Lipinski definition) is 3. The Labute approximate surface area is 156 Å². The third kappa shape index (κ3) is 3.92. The zero-order valence-electron chi connectivity index (χ0n) is 15.8. The number of amides is 2. The minimum absolute atomic E-state index is 0.0245. The number of rotatable bonds is 4. The molecule has 1 aromatic rings. The van der Waals surface area contributed by atoms with Crippen LogP contribution in [0.1, 0.15) is 38.5 Å². The summed E-state index contributed by atoms with van der Waals surface area (Å²) in [4.78, 5) is 29.6. The summed E-state index contributed by atoms with van der Waals surface area (Å²) >= 11 is 0. The van der Waals surface area contributed by atoms with Crippen LogP contribution in [0.2, 0.25) is 0 Å². The van der Waals surface area contributed by atoms with Gasteiger partial charge >= 0.3 is 0 Å². The van der Waals surface area contributed by atoms with Gasteiger partial charge in [0.1, 0.15) is 5.54 Å². The molecule has 1 aromatic carbocycles. The fraction of sp³-hybridized carbons (Fsp3) is 0.524. The Morgan fingerprint density at radius 3 is 2.54 bits per heavy atom. The molecule has 26 heavy (non-hydrogen) atoms. The first kappa shape index (κ1) is 18.5. The summed E-state index contributed by atoms with van der Waals surface area (Å²) in [6.07, 6.45) is 7.71. The van der Waals surface area contributed by atoms with E-state index >= 15 is 0 Å². The lowest BCUT2D eigenvalue weighted by Crippen LogP contribution is -2.62. The Bertz CT molecular complexity index is 684. The van der Waals surface area contributed by atoms with Crippen LogP contribution in [0.4, 0.5) is 5.69 Å². The molecule has 1 N–H and O–H groups in total. The second-order valence-electron chi connectivity index (χ2n) is 7.58. The molecule has 0 radical (unpaired) electrons. The molecule has 0 aromatic heterocycles. The van der Waals surface area contributed by atoms with Gasteiger partial charge in [-0.3, -0.25) is 9.59 Å². The normalized spacial score (nSPS) is 23.2. The fourth-order valence-electron chi connectivity index (χ4n) is 4.02. The molecule has 1 aliphatic heterocycles. The van der Waals surface area contributed by atoms with E-state index in [1.165, 1.54) is 0 Å². The van der Waals surface area contributed by atoms with Crippen LogP contribution in [0, 0.1) is 0 Å². The highest BCUT2D eigenvalue weighted by Crippen LogP contribution is 2.30. The molecule has 1 aliphatic carbocycles. The SMILES string of the molecule is CN(C)C(=O)C1(Nc2ccccc2)CCCN(C(=O)C2=CCCCC2)C1. The van der Waals surface area contributed by atoms with Crippen LogP contribution >= 0.6 is 0 Å². The maximum atomic E-state index is 13.1. The van der Waals surface area contributed by atoms with E-state index < -0.39 is 5.54 Å². The molecule has 140 valence electrons. The quantitative estimate of drug-likeness (QED) is 0.903. The summed E-state index contributed by atoms with van der Waals surface area (Å²) in [5.41, 5.74) is 1.06. The average molecular weight is 355 g/mol. The van der Waals surface area contributed by atoms with Gasteiger partial charge in [-0.15, -0.1) is 0 Å². The van der Waals surface area contributed by atoms with Crippen LogP contribution in [-0.2, 0) is 9.59 Å². The summed E-state index contributed by atoms with van der Waals surface area (Å²) in [7, 11) is 3.56. The molecule has 1 atom stereocenters. The lowest BCUT2D eigenvalue weighted by molar-refractivity contribution is -0.138. The summed E-state index contributed by atoms with van der Waals surface area (Å²) in [5, 5.41) is 3.46. The van der Waals surface area contributed by atoms with Gasteiger partial charge in [0.15, 0.2) is 0 Å². The highest BCUT2D eigenvalue weighted by Gasteiger charge is 2.44. The van der Waals surface area contributed by atoms with E-state index in [2.05, 4.69) is 11.4 Å². The number of likely N-dealkylation sites (N-methyl/N-ethyl adjacent to an activating group) is 1. The number of hydrogen-bond donors (Lipinski definition) is 1. The van der Waals surface area contributed by atoms with E-state index in [4.69, 9.17) is 0 Å². The largest absolute Gasteiger partial charge is 0.370 e. The molecule has 1 fully saturated rings. The Morgan fingerprint density at radius 2 is 1.88 bits per heavy atom. The van der Waals surface area contributed by atoms with Gasteiger partial charge in [0.25, 0.3) is 0 Å². The van der Waals surface area contributed by atoms with Crippen LogP contribution < -0.4 is 5.32 Å². The van der Waals surface area contributed by atoms with E-state index in [0.29, 0.717) is 6.54 Å². The Kier molecular flexibility index (Phi) is 5.64. The number of nitrogens with one attached hydrogen (secondary N) is 1. The minimum Gasteiger partial charge on any atom is -0.370 e. The monoisotopic (exact) mass is 355 g/mol. The summed E-state index contributed by atoms with van der Waals surface area (Å²) in [5.74, 6) is 0.131. The maximum Gasteiger partial charge on any atom is 0.249 e. The fourth-order valence-corrected chi connectivity index (χ4v) is 4.02. The van der Waals surface area contributed by atoms with Gasteiger partial charge in [-0.25, -0.2) is 0 Å². The zero-order valence-corrected chi connectivity index (χ0v) is 15.8. The highest BCUT2D eigenvalue weighted by molar-refractivity contribution is 5.95. The standard InChI is InChI=1S/C21H29N3O2/c1-23(2)20(26)21(22-18-12-7-4-8-13-18)14-9-15-24(16-21)19(25)17-10-5-3-6-11-17/h4,7-8,10,12-13,22H,3,5-6,9,11,14-16H2,1-2H3. The number of nitrogens with zero attached hydrogens (tertiary/aromatic N) is 2. The van der Waals surface area contributed by atoms with Crippen LogP contribution in [-0.4, -0.2) is 54.3 Å². The van der Waals surface area contributed by atoms with Crippen LogP contribution in [0.15, 0.2) is 42.0 Å². The zero-order chi connectivity index (χ0) is 18.6. The molecule has 2 aliphatic rings. The second-order valence-corrected chi connectivity index (χ2v) is 7.58. The number of anilines is 1. The number of likely N-dealkylation sites (tertiary alicyclic amines) is 1. The molecule has 1 saturated heterocycles. The van der Waals surface area contributed by atoms with Gasteiger partial charge in [0.05, 0.1) is 6.54 Å². The Hall–Kier alpha value is -2.30. The Balaban J connectivity index is 1.85. The summed E-state index contributed by atoms with van der Waals surface area (Å²) < 4.78 is 0. The van der Waals surface area contributed by atoms with Crippen molar-refractivity contribution in [2.75, 3.05) is 32.5 Å². The number of carbonyl (C=O) groups excluding carboxylic acids is 2. The van der Waals surface area contributed by atoms with E-state index in [1.807, 2.05) is 35.2 Å². The van der Waals surface area contributed by atoms with E-state index in [-0.39, 0.29) is 11.8 Å². The third-order valence-corrected chi connectivity index (χ3v) is 5.32. The number of para-hydroxylation sites is 1. The number of allylic oxidation sites excluding steroid dienone is 1. The first-order valence-corrected chi connectivity index (χ1v) is 9.55. The summed E-state index contributed by atoms with van der Waals surface area (Å²) in [6.45, 7) is 1.13. The van der Waals surface area contributed by atoms with Crippen molar-refractivity contribution in [1.82, 2.24) is 9.80 Å². The van der Waals surface area contributed by atoms with Gasteiger partial charge in [-0.2, -0.15) is 0 Å². The molecule has 5 nitrogen and oxygen atoms in total.